The third-order valence-corrected chi connectivity index (χ3v) is 6.02. The van der Waals surface area contributed by atoms with Crippen LogP contribution in [0, 0.1) is 0 Å². The highest BCUT2D eigenvalue weighted by Crippen LogP contribution is 2.16. The van der Waals surface area contributed by atoms with E-state index in [9.17, 15) is 4.79 Å². The number of carboxylic acid groups (broad SMARTS) is 1. The van der Waals surface area contributed by atoms with Crippen molar-refractivity contribution in [2.24, 2.45) is 0 Å². The first kappa shape index (κ1) is 28.2. The molecule has 0 aromatic rings. The normalized spacial score (nSPS) is 11.9. The minimum atomic E-state index is -0.732. The fourth-order valence-electron chi connectivity index (χ4n) is 4.11. The van der Waals surface area contributed by atoms with Crippen LogP contribution < -0.4 is 0 Å². The average Bonchev–Trinajstić information content (AvgIpc) is 2.71. The van der Waals surface area contributed by atoms with Gasteiger partial charge in [-0.25, -0.2) is 4.79 Å². The molecule has 0 fully saturated rings. The van der Waals surface area contributed by atoms with E-state index in [0.29, 0.717) is 5.57 Å². The summed E-state index contributed by atoms with van der Waals surface area (Å²) in [6, 6.07) is 0. The summed E-state index contributed by atoms with van der Waals surface area (Å²) in [5, 5.41) is 9.09. The highest BCUT2D eigenvalue weighted by atomic mass is 16.4. The Kier molecular flexibility index (Phi) is 22.8. The van der Waals surface area contributed by atoms with Gasteiger partial charge < -0.3 is 5.11 Å². The van der Waals surface area contributed by atoms with Gasteiger partial charge in [0.15, 0.2) is 0 Å². The molecule has 0 radical (unpaired) electrons. The van der Waals surface area contributed by atoms with Gasteiger partial charge in [0.05, 0.1) is 0 Å². The van der Waals surface area contributed by atoms with Gasteiger partial charge in [-0.3, -0.25) is 0 Å². The topological polar surface area (TPSA) is 37.3 Å². The summed E-state index contributed by atoms with van der Waals surface area (Å²) >= 11 is 0. The van der Waals surface area contributed by atoms with Crippen LogP contribution in [0.15, 0.2) is 11.6 Å². The number of carbonyl (C=O) groups is 1. The first-order valence-electron chi connectivity index (χ1n) is 13.1. The fourth-order valence-corrected chi connectivity index (χ4v) is 4.11. The largest absolute Gasteiger partial charge is 0.478 e. The smallest absolute Gasteiger partial charge is 0.331 e. The molecule has 0 heterocycles. The van der Waals surface area contributed by atoms with Crippen LogP contribution in [0.1, 0.15) is 155 Å². The van der Waals surface area contributed by atoms with Crippen LogP contribution in [-0.4, -0.2) is 11.1 Å². The summed E-state index contributed by atoms with van der Waals surface area (Å²) in [5.41, 5.74) is 0.606. The molecular formula is C27H52O2. The van der Waals surface area contributed by atoms with Crippen LogP contribution in [0.25, 0.3) is 0 Å². The number of allylic oxidation sites excluding steroid dienone is 1. The summed E-state index contributed by atoms with van der Waals surface area (Å²) in [6.45, 7) is 4.29. The molecular weight excluding hydrogens is 356 g/mol. The van der Waals surface area contributed by atoms with Crippen molar-refractivity contribution in [3.8, 4) is 0 Å². The van der Waals surface area contributed by atoms with Crippen molar-refractivity contribution in [3.05, 3.63) is 11.6 Å². The first-order chi connectivity index (χ1) is 14.2. The molecule has 0 aliphatic rings. The Balaban J connectivity index is 3.17. The standard InChI is InChI=1S/C27H52O2/c1-3-5-6-7-8-9-10-11-12-13-14-15-16-17-18-19-20-21-22-23-25-26(24-4-2)27(28)29/h24H,3-23,25H2,1-2H3,(H,28,29). The maximum Gasteiger partial charge on any atom is 0.331 e. The molecule has 0 atom stereocenters. The van der Waals surface area contributed by atoms with Crippen molar-refractivity contribution >= 4 is 5.97 Å². The quantitative estimate of drug-likeness (QED) is 0.135. The van der Waals surface area contributed by atoms with Gasteiger partial charge in [0.1, 0.15) is 0 Å². The lowest BCUT2D eigenvalue weighted by Gasteiger charge is -2.04. The van der Waals surface area contributed by atoms with Gasteiger partial charge in [-0.05, 0) is 19.3 Å². The zero-order valence-corrected chi connectivity index (χ0v) is 20.0. The summed E-state index contributed by atoms with van der Waals surface area (Å²) in [7, 11) is 0. The Bertz CT molecular complexity index is 373. The van der Waals surface area contributed by atoms with Crippen molar-refractivity contribution in [2.75, 3.05) is 0 Å². The fraction of sp³-hybridized carbons (Fsp3) is 0.889. The minimum absolute atomic E-state index is 0.606. The summed E-state index contributed by atoms with van der Waals surface area (Å²) in [4.78, 5) is 11.1. The van der Waals surface area contributed by atoms with Gasteiger partial charge in [-0.2, -0.15) is 0 Å². The molecule has 0 unspecified atom stereocenters. The molecule has 0 aromatic heterocycles. The molecule has 0 aliphatic carbocycles. The molecule has 0 saturated carbocycles. The van der Waals surface area contributed by atoms with E-state index in [1.807, 2.05) is 13.0 Å². The van der Waals surface area contributed by atoms with Crippen LogP contribution >= 0.6 is 0 Å². The molecule has 0 aliphatic heterocycles. The second-order valence-electron chi connectivity index (χ2n) is 8.91. The van der Waals surface area contributed by atoms with Crippen LogP contribution in [0.2, 0.25) is 0 Å². The molecule has 0 aromatic carbocycles. The van der Waals surface area contributed by atoms with E-state index in [1.165, 1.54) is 122 Å². The van der Waals surface area contributed by atoms with E-state index in [1.54, 1.807) is 0 Å². The van der Waals surface area contributed by atoms with Crippen molar-refractivity contribution in [2.45, 2.75) is 155 Å². The molecule has 29 heavy (non-hydrogen) atoms. The van der Waals surface area contributed by atoms with Crippen molar-refractivity contribution in [3.63, 3.8) is 0 Å². The van der Waals surface area contributed by atoms with Crippen molar-refractivity contribution in [1.29, 1.82) is 0 Å². The maximum atomic E-state index is 11.1. The van der Waals surface area contributed by atoms with E-state index < -0.39 is 5.97 Å². The van der Waals surface area contributed by atoms with Gasteiger partial charge >= 0.3 is 5.97 Å². The highest BCUT2D eigenvalue weighted by molar-refractivity contribution is 5.86. The zero-order chi connectivity index (χ0) is 21.4. The lowest BCUT2D eigenvalue weighted by Crippen LogP contribution is -2.00. The molecule has 0 amide bonds. The molecule has 0 bridgehead atoms. The van der Waals surface area contributed by atoms with Gasteiger partial charge in [0.25, 0.3) is 0 Å². The third kappa shape index (κ3) is 21.7. The monoisotopic (exact) mass is 408 g/mol. The number of aliphatic carboxylic acids is 1. The first-order valence-corrected chi connectivity index (χ1v) is 13.1. The van der Waals surface area contributed by atoms with Crippen molar-refractivity contribution in [1.82, 2.24) is 0 Å². The van der Waals surface area contributed by atoms with Gasteiger partial charge in [0, 0.05) is 5.57 Å². The molecule has 0 saturated heterocycles. The summed E-state index contributed by atoms with van der Waals surface area (Å²) < 4.78 is 0. The Hall–Kier alpha value is -0.790. The molecule has 2 nitrogen and oxygen atoms in total. The zero-order valence-electron chi connectivity index (χ0n) is 20.0. The van der Waals surface area contributed by atoms with E-state index in [-0.39, 0.29) is 0 Å². The average molecular weight is 409 g/mol. The number of unbranched alkanes of at least 4 members (excludes halogenated alkanes) is 19. The minimum Gasteiger partial charge on any atom is -0.478 e. The molecule has 1 N–H and O–H groups in total. The van der Waals surface area contributed by atoms with Gasteiger partial charge in [-0.15, -0.1) is 0 Å². The van der Waals surface area contributed by atoms with E-state index in [4.69, 9.17) is 5.11 Å². The molecule has 172 valence electrons. The second kappa shape index (κ2) is 23.5. The van der Waals surface area contributed by atoms with Crippen LogP contribution in [0.5, 0.6) is 0 Å². The number of rotatable bonds is 23. The molecule has 2 heteroatoms. The van der Waals surface area contributed by atoms with Crippen LogP contribution in [0.3, 0.4) is 0 Å². The van der Waals surface area contributed by atoms with E-state index >= 15 is 0 Å². The number of hydrogen-bond donors (Lipinski definition) is 1. The summed E-state index contributed by atoms with van der Waals surface area (Å²) in [6.07, 6.45) is 31.0. The van der Waals surface area contributed by atoms with Gasteiger partial charge in [0.2, 0.25) is 0 Å². The Morgan fingerprint density at radius 3 is 1.14 bits per heavy atom. The predicted molar refractivity (Wildman–Crippen MR) is 129 cm³/mol. The maximum absolute atomic E-state index is 11.1. The Morgan fingerprint density at radius 2 is 0.862 bits per heavy atom. The third-order valence-electron chi connectivity index (χ3n) is 6.02. The van der Waals surface area contributed by atoms with Crippen LogP contribution in [-0.2, 0) is 4.79 Å². The SMILES string of the molecule is CCC=C(CCCCCCCCCCCCCCCCCCCCCC)C(=O)O. The lowest BCUT2D eigenvalue weighted by molar-refractivity contribution is -0.132. The highest BCUT2D eigenvalue weighted by Gasteiger charge is 2.05. The predicted octanol–water partition coefficient (Wildman–Crippen LogP) is 9.62. The number of hydrogen-bond acceptors (Lipinski definition) is 1. The van der Waals surface area contributed by atoms with Crippen molar-refractivity contribution < 1.29 is 9.90 Å². The Labute approximate surface area is 182 Å². The number of carboxylic acids is 1. The van der Waals surface area contributed by atoms with Crippen LogP contribution in [0.4, 0.5) is 0 Å². The summed E-state index contributed by atoms with van der Waals surface area (Å²) in [5.74, 6) is -0.732. The molecule has 0 spiro atoms. The van der Waals surface area contributed by atoms with E-state index in [0.717, 1.165) is 19.3 Å². The lowest BCUT2D eigenvalue weighted by atomic mass is 10.0. The second-order valence-corrected chi connectivity index (χ2v) is 8.91. The Morgan fingerprint density at radius 1 is 0.552 bits per heavy atom. The molecule has 0 rings (SSSR count). The van der Waals surface area contributed by atoms with Gasteiger partial charge in [-0.1, -0.05) is 142 Å². The van der Waals surface area contributed by atoms with E-state index in [2.05, 4.69) is 6.92 Å².